The molecule has 6 heavy (non-hydrogen) atoms. The van der Waals surface area contributed by atoms with Crippen molar-refractivity contribution in [2.75, 3.05) is 5.75 Å². The molecule has 2 nitrogen and oxygen atoms in total. The van der Waals surface area contributed by atoms with E-state index in [1.807, 2.05) is 0 Å². The molecule has 0 amide bonds. The predicted molar refractivity (Wildman–Crippen MR) is 24.6 cm³/mol. The molecule has 0 aromatic heterocycles. The minimum Gasteiger partial charge on any atom is -0.549 e. The van der Waals surface area contributed by atoms with Crippen molar-refractivity contribution in [2.24, 2.45) is 0 Å². The number of carboxylic acids is 1. The second-order valence-electron chi connectivity index (χ2n) is 0.530. The predicted octanol–water partition coefficient (Wildman–Crippen LogP) is -1.71. The number of carboxylic acid groups (broad SMARTS) is 1. The van der Waals surface area contributed by atoms with Crippen molar-refractivity contribution in [3.05, 3.63) is 0 Å². The average molecular weight is 131 g/mol. The van der Waals surface area contributed by atoms with Gasteiger partial charge in [0.15, 0.2) is 0 Å². The van der Waals surface area contributed by atoms with Crippen LogP contribution < -0.4 is 5.11 Å². The maximum atomic E-state index is 9.18. The van der Waals surface area contributed by atoms with Crippen LogP contribution in [0.3, 0.4) is 0 Å². The Morgan fingerprint density at radius 1 is 1.83 bits per heavy atom. The van der Waals surface area contributed by atoms with E-state index in [2.05, 4.69) is 12.6 Å². The van der Waals surface area contributed by atoms with Crippen LogP contribution in [0.25, 0.3) is 0 Å². The number of carbonyl (C=O) groups is 1. The molecular weight excluding hydrogens is 128 g/mol. The van der Waals surface area contributed by atoms with Crippen LogP contribution in [0.1, 0.15) is 0 Å². The Hall–Kier alpha value is 1.08. The number of aliphatic carboxylic acids is 1. The normalized spacial score (nSPS) is 6.17. The van der Waals surface area contributed by atoms with Gasteiger partial charge < -0.3 is 9.90 Å². The van der Waals surface area contributed by atoms with Crippen LogP contribution >= 0.6 is 12.6 Å². The fourth-order valence-corrected chi connectivity index (χ4v) is 0. The molecule has 0 saturated heterocycles. The minimum atomic E-state index is -1.13. The van der Waals surface area contributed by atoms with Crippen molar-refractivity contribution >= 4 is 56.3 Å². The first kappa shape index (κ1) is 10.1. The molecular formula is C2H3CaO2S-. The quantitative estimate of drug-likeness (QED) is 0.340. The van der Waals surface area contributed by atoms with Crippen LogP contribution in [0, 0.1) is 0 Å². The van der Waals surface area contributed by atoms with E-state index in [1.54, 1.807) is 0 Å². The second kappa shape index (κ2) is 6.08. The number of rotatable bonds is 1. The summed E-state index contributed by atoms with van der Waals surface area (Å²) in [5.41, 5.74) is 0. The van der Waals surface area contributed by atoms with E-state index in [4.69, 9.17) is 0 Å². The molecule has 0 N–H and O–H groups in total. The summed E-state index contributed by atoms with van der Waals surface area (Å²) in [6.07, 6.45) is 0. The Labute approximate surface area is 71.3 Å². The first-order valence-corrected chi connectivity index (χ1v) is 1.71. The maximum Gasteiger partial charge on any atom is 0.0510 e. The molecule has 0 aromatic carbocycles. The van der Waals surface area contributed by atoms with Gasteiger partial charge in [-0.2, -0.15) is 12.6 Å². The van der Waals surface area contributed by atoms with E-state index in [0.717, 1.165) is 0 Å². The first-order chi connectivity index (χ1) is 2.27. The van der Waals surface area contributed by atoms with E-state index in [0.29, 0.717) is 0 Å². The Morgan fingerprint density at radius 3 is 2.00 bits per heavy atom. The van der Waals surface area contributed by atoms with Crippen LogP contribution in [0.2, 0.25) is 0 Å². The summed E-state index contributed by atoms with van der Waals surface area (Å²) in [6, 6.07) is 0. The Balaban J connectivity index is 0. The monoisotopic (exact) mass is 131 g/mol. The molecule has 4 heteroatoms. The van der Waals surface area contributed by atoms with Crippen molar-refractivity contribution < 1.29 is 9.90 Å². The second-order valence-corrected chi connectivity index (χ2v) is 0.846. The van der Waals surface area contributed by atoms with E-state index < -0.39 is 5.97 Å². The molecule has 0 atom stereocenters. The molecule has 2 radical (unpaired) electrons. The smallest absolute Gasteiger partial charge is 0.0510 e. The van der Waals surface area contributed by atoms with E-state index in [1.165, 1.54) is 0 Å². The molecule has 0 unspecified atom stereocenters. The van der Waals surface area contributed by atoms with Gasteiger partial charge in [-0.3, -0.25) is 0 Å². The van der Waals surface area contributed by atoms with Crippen LogP contribution in [-0.2, 0) is 4.79 Å². The molecule has 0 aromatic rings. The van der Waals surface area contributed by atoms with Crippen molar-refractivity contribution in [2.45, 2.75) is 0 Å². The van der Waals surface area contributed by atoms with Crippen molar-refractivity contribution in [3.63, 3.8) is 0 Å². The van der Waals surface area contributed by atoms with Gasteiger partial charge in [0.1, 0.15) is 0 Å². The number of hydrogen-bond acceptors (Lipinski definition) is 3. The summed E-state index contributed by atoms with van der Waals surface area (Å²) in [5.74, 6) is -1.33. The molecule has 0 bridgehead atoms. The average Bonchev–Trinajstić information content (AvgIpc) is 1.38. The zero-order valence-corrected chi connectivity index (χ0v) is 6.28. The Morgan fingerprint density at radius 2 is 2.00 bits per heavy atom. The van der Waals surface area contributed by atoms with Gasteiger partial charge in [-0.05, 0) is 0 Å². The standard InChI is InChI=1S/C2H4O2S.Ca/c3-2(4)1-5;/h5H,1H2,(H,3,4);/p-1. The maximum absolute atomic E-state index is 9.18. The molecule has 0 aliphatic heterocycles. The summed E-state index contributed by atoms with van der Waals surface area (Å²) in [7, 11) is 0. The van der Waals surface area contributed by atoms with E-state index in [-0.39, 0.29) is 43.5 Å². The van der Waals surface area contributed by atoms with Gasteiger partial charge in [-0.1, -0.05) is 0 Å². The molecule has 0 aliphatic rings. The Kier molecular flexibility index (Phi) is 10.3. The molecule has 0 saturated carbocycles. The van der Waals surface area contributed by atoms with Crippen LogP contribution in [0.4, 0.5) is 0 Å². The minimum absolute atomic E-state index is 0. The first-order valence-electron chi connectivity index (χ1n) is 1.08. The third-order valence-corrected chi connectivity index (χ3v) is 0.387. The number of carbonyl (C=O) groups excluding carboxylic acids is 1. The summed E-state index contributed by atoms with van der Waals surface area (Å²) in [4.78, 5) is 9.18. The molecule has 0 heterocycles. The third kappa shape index (κ3) is 8.91. The van der Waals surface area contributed by atoms with Crippen molar-refractivity contribution in [1.82, 2.24) is 0 Å². The van der Waals surface area contributed by atoms with Gasteiger partial charge in [0, 0.05) is 43.5 Å². The van der Waals surface area contributed by atoms with Crippen molar-refractivity contribution in [3.8, 4) is 0 Å². The SMILES string of the molecule is O=C([O-])CS.[Ca]. The number of thiol groups is 1. The molecule has 0 fully saturated rings. The summed E-state index contributed by atoms with van der Waals surface area (Å²) in [5, 5.41) is 9.18. The van der Waals surface area contributed by atoms with Gasteiger partial charge in [-0.25, -0.2) is 0 Å². The number of hydrogen-bond donors (Lipinski definition) is 1. The van der Waals surface area contributed by atoms with Gasteiger partial charge in [0.05, 0.1) is 5.97 Å². The van der Waals surface area contributed by atoms with Crippen LogP contribution in [0.5, 0.6) is 0 Å². The van der Waals surface area contributed by atoms with E-state index >= 15 is 0 Å². The largest absolute Gasteiger partial charge is 0.549 e. The summed E-state index contributed by atoms with van der Waals surface area (Å²) < 4.78 is 0. The summed E-state index contributed by atoms with van der Waals surface area (Å²) in [6.45, 7) is 0. The third-order valence-electron chi connectivity index (χ3n) is 0.129. The van der Waals surface area contributed by atoms with Gasteiger partial charge in [0.25, 0.3) is 0 Å². The molecule has 32 valence electrons. The summed E-state index contributed by atoms with van der Waals surface area (Å²) >= 11 is 3.35. The fourth-order valence-electron chi connectivity index (χ4n) is 0. The van der Waals surface area contributed by atoms with Crippen LogP contribution in [-0.4, -0.2) is 49.5 Å². The topological polar surface area (TPSA) is 40.1 Å². The molecule has 0 aliphatic carbocycles. The zero-order valence-electron chi connectivity index (χ0n) is 3.18. The van der Waals surface area contributed by atoms with Gasteiger partial charge in [-0.15, -0.1) is 0 Å². The Bertz CT molecular complexity index is 46.8. The van der Waals surface area contributed by atoms with Gasteiger partial charge >= 0.3 is 0 Å². The van der Waals surface area contributed by atoms with E-state index in [9.17, 15) is 9.90 Å². The zero-order chi connectivity index (χ0) is 4.28. The van der Waals surface area contributed by atoms with Gasteiger partial charge in [0.2, 0.25) is 0 Å². The molecule has 0 spiro atoms. The van der Waals surface area contributed by atoms with Crippen molar-refractivity contribution in [1.29, 1.82) is 0 Å². The fraction of sp³-hybridized carbons (Fsp3) is 0.500. The van der Waals surface area contributed by atoms with Crippen LogP contribution in [0.15, 0.2) is 0 Å². The molecule has 0 rings (SSSR count).